The normalized spacial score (nSPS) is 11.2. The van der Waals surface area contributed by atoms with Gasteiger partial charge in [0.1, 0.15) is 11.6 Å². The Hall–Kier alpha value is -1.64. The van der Waals surface area contributed by atoms with Crippen molar-refractivity contribution in [3.63, 3.8) is 0 Å². The van der Waals surface area contributed by atoms with Gasteiger partial charge in [-0.25, -0.2) is 17.5 Å². The van der Waals surface area contributed by atoms with Gasteiger partial charge in [0.2, 0.25) is 5.91 Å². The number of hydrogen-bond acceptors (Lipinski definition) is 4. The number of ether oxygens (including phenoxy) is 1. The van der Waals surface area contributed by atoms with Crippen LogP contribution in [0.15, 0.2) is 45.8 Å². The lowest BCUT2D eigenvalue weighted by atomic mass is 10.1. The van der Waals surface area contributed by atoms with E-state index in [1.165, 1.54) is 30.3 Å². The van der Waals surface area contributed by atoms with Crippen molar-refractivity contribution >= 4 is 43.5 Å². The van der Waals surface area contributed by atoms with Crippen molar-refractivity contribution in [2.75, 3.05) is 6.61 Å². The van der Waals surface area contributed by atoms with E-state index >= 15 is 0 Å². The fourth-order valence-corrected chi connectivity index (χ4v) is 3.86. The summed E-state index contributed by atoms with van der Waals surface area (Å²) >= 11 is 8.87. The number of halogens is 3. The van der Waals surface area contributed by atoms with Gasteiger partial charge in [0.05, 0.1) is 27.4 Å². The van der Waals surface area contributed by atoms with Crippen LogP contribution in [0.4, 0.5) is 4.39 Å². The van der Waals surface area contributed by atoms with Crippen molar-refractivity contribution in [1.29, 1.82) is 0 Å². The van der Waals surface area contributed by atoms with Crippen LogP contribution in [0, 0.1) is 5.82 Å². The SMILES string of the molecule is CCOc1ccc(S(=O)(=O)NC(=O)Cc2ccc(F)c(Cl)c2)cc1Br. The Balaban J connectivity index is 2.13. The Bertz CT molecular complexity index is 905. The number of hydrogen-bond donors (Lipinski definition) is 1. The van der Waals surface area contributed by atoms with Gasteiger partial charge in [0.15, 0.2) is 0 Å². The third-order valence-electron chi connectivity index (χ3n) is 3.11. The van der Waals surface area contributed by atoms with Gasteiger partial charge < -0.3 is 4.74 Å². The van der Waals surface area contributed by atoms with Crippen LogP contribution < -0.4 is 9.46 Å². The van der Waals surface area contributed by atoms with Gasteiger partial charge in [-0.2, -0.15) is 0 Å². The number of carbonyl (C=O) groups excluding carboxylic acids is 1. The molecule has 0 aromatic heterocycles. The molecule has 0 radical (unpaired) electrons. The minimum Gasteiger partial charge on any atom is -0.493 e. The largest absolute Gasteiger partial charge is 0.493 e. The summed E-state index contributed by atoms with van der Waals surface area (Å²) < 4.78 is 45.4. The van der Waals surface area contributed by atoms with Gasteiger partial charge in [0, 0.05) is 0 Å². The predicted octanol–water partition coefficient (Wildman–Crippen LogP) is 3.69. The van der Waals surface area contributed by atoms with Gasteiger partial charge in [-0.1, -0.05) is 17.7 Å². The molecule has 0 spiro atoms. The van der Waals surface area contributed by atoms with Crippen LogP contribution in [0.2, 0.25) is 5.02 Å². The van der Waals surface area contributed by atoms with Gasteiger partial charge >= 0.3 is 0 Å². The highest BCUT2D eigenvalue weighted by atomic mass is 79.9. The van der Waals surface area contributed by atoms with Crippen molar-refractivity contribution < 1.29 is 22.3 Å². The highest BCUT2D eigenvalue weighted by Crippen LogP contribution is 2.27. The summed E-state index contributed by atoms with van der Waals surface area (Å²) in [6, 6.07) is 7.92. The van der Waals surface area contributed by atoms with E-state index in [-0.39, 0.29) is 16.3 Å². The van der Waals surface area contributed by atoms with Crippen LogP contribution >= 0.6 is 27.5 Å². The molecule has 9 heteroatoms. The summed E-state index contributed by atoms with van der Waals surface area (Å²) in [7, 11) is -4.04. The second-order valence-electron chi connectivity index (χ2n) is 4.98. The smallest absolute Gasteiger partial charge is 0.264 e. The predicted molar refractivity (Wildman–Crippen MR) is 95.8 cm³/mol. The average Bonchev–Trinajstić information content (AvgIpc) is 2.52. The average molecular weight is 451 g/mol. The highest BCUT2D eigenvalue weighted by molar-refractivity contribution is 9.10. The first-order chi connectivity index (χ1) is 11.7. The number of rotatable bonds is 6. The Morgan fingerprint density at radius 1 is 1.28 bits per heavy atom. The lowest BCUT2D eigenvalue weighted by Crippen LogP contribution is -2.31. The van der Waals surface area contributed by atoms with Gasteiger partial charge in [0.25, 0.3) is 10.0 Å². The maximum Gasteiger partial charge on any atom is 0.264 e. The first kappa shape index (κ1) is 19.7. The van der Waals surface area contributed by atoms with Gasteiger partial charge in [-0.3, -0.25) is 4.79 Å². The molecular formula is C16H14BrClFNO4S. The molecule has 0 aliphatic carbocycles. The van der Waals surface area contributed by atoms with Crippen molar-refractivity contribution in [2.24, 2.45) is 0 Å². The van der Waals surface area contributed by atoms with Gasteiger partial charge in [-0.15, -0.1) is 0 Å². The summed E-state index contributed by atoms with van der Waals surface area (Å²) in [5.41, 5.74) is 0.395. The van der Waals surface area contributed by atoms with Crippen LogP contribution in [0.5, 0.6) is 5.75 Å². The molecule has 0 saturated carbocycles. The summed E-state index contributed by atoms with van der Waals surface area (Å²) in [6.45, 7) is 2.24. The first-order valence-corrected chi connectivity index (χ1v) is 9.80. The monoisotopic (exact) mass is 449 g/mol. The molecule has 2 aromatic rings. The molecule has 0 atom stereocenters. The molecule has 2 rings (SSSR count). The van der Waals surface area contributed by atoms with Gasteiger partial charge in [-0.05, 0) is 58.7 Å². The van der Waals surface area contributed by atoms with Crippen molar-refractivity contribution in [1.82, 2.24) is 4.72 Å². The number of nitrogens with one attached hydrogen (secondary N) is 1. The fraction of sp³-hybridized carbons (Fsp3) is 0.188. The van der Waals surface area contributed by atoms with Crippen LogP contribution in [-0.2, 0) is 21.2 Å². The first-order valence-electron chi connectivity index (χ1n) is 7.15. The van der Waals surface area contributed by atoms with E-state index in [1.807, 2.05) is 4.72 Å². The maximum absolute atomic E-state index is 13.1. The lowest BCUT2D eigenvalue weighted by molar-refractivity contribution is -0.118. The number of amides is 1. The fourth-order valence-electron chi connectivity index (χ4n) is 2.00. The number of sulfonamides is 1. The Morgan fingerprint density at radius 2 is 2.00 bits per heavy atom. The van der Waals surface area contributed by atoms with E-state index in [0.29, 0.717) is 22.4 Å². The molecule has 0 bridgehead atoms. The molecule has 0 aliphatic rings. The molecule has 0 fully saturated rings. The van der Waals surface area contributed by atoms with Crippen LogP contribution in [0.1, 0.15) is 12.5 Å². The number of carbonyl (C=O) groups is 1. The summed E-state index contributed by atoms with van der Waals surface area (Å²) in [5.74, 6) is -0.876. The van der Waals surface area contributed by atoms with E-state index < -0.39 is 21.7 Å². The topological polar surface area (TPSA) is 72.5 Å². The highest BCUT2D eigenvalue weighted by Gasteiger charge is 2.19. The molecule has 2 aromatic carbocycles. The Labute approximate surface area is 158 Å². The summed E-state index contributed by atoms with van der Waals surface area (Å²) in [5, 5.41) is -0.136. The molecule has 0 aliphatic heterocycles. The molecule has 0 unspecified atom stereocenters. The van der Waals surface area contributed by atoms with E-state index in [9.17, 15) is 17.6 Å². The molecule has 1 N–H and O–H groups in total. The molecule has 0 heterocycles. The van der Waals surface area contributed by atoms with E-state index in [2.05, 4.69) is 15.9 Å². The minimum absolute atomic E-state index is 0.0895. The summed E-state index contributed by atoms with van der Waals surface area (Å²) in [6.07, 6.45) is -0.253. The maximum atomic E-state index is 13.1. The molecule has 5 nitrogen and oxygen atoms in total. The molecule has 134 valence electrons. The third kappa shape index (κ3) is 5.17. The second-order valence-corrected chi connectivity index (χ2v) is 7.92. The zero-order chi connectivity index (χ0) is 18.6. The quantitative estimate of drug-likeness (QED) is 0.728. The Morgan fingerprint density at radius 3 is 2.60 bits per heavy atom. The Kier molecular flexibility index (Phi) is 6.42. The van der Waals surface area contributed by atoms with Crippen molar-refractivity contribution in [2.45, 2.75) is 18.2 Å². The van der Waals surface area contributed by atoms with E-state index in [1.54, 1.807) is 6.92 Å². The zero-order valence-electron chi connectivity index (χ0n) is 13.1. The molecule has 0 saturated heterocycles. The summed E-state index contributed by atoms with van der Waals surface area (Å²) in [4.78, 5) is 11.9. The molecular weight excluding hydrogens is 437 g/mol. The minimum atomic E-state index is -4.04. The lowest BCUT2D eigenvalue weighted by Gasteiger charge is -2.10. The third-order valence-corrected chi connectivity index (χ3v) is 5.39. The van der Waals surface area contributed by atoms with Crippen LogP contribution in [0.25, 0.3) is 0 Å². The van der Waals surface area contributed by atoms with Crippen LogP contribution in [0.3, 0.4) is 0 Å². The van der Waals surface area contributed by atoms with Crippen molar-refractivity contribution in [3.8, 4) is 5.75 Å². The zero-order valence-corrected chi connectivity index (χ0v) is 16.2. The van der Waals surface area contributed by atoms with E-state index in [4.69, 9.17) is 16.3 Å². The molecule has 25 heavy (non-hydrogen) atoms. The van der Waals surface area contributed by atoms with Crippen LogP contribution in [-0.4, -0.2) is 20.9 Å². The number of benzene rings is 2. The van der Waals surface area contributed by atoms with E-state index in [0.717, 1.165) is 6.07 Å². The molecule has 1 amide bonds. The standard InChI is InChI=1S/C16H14BrClFNO4S/c1-2-24-15-6-4-11(9-12(15)17)25(22,23)20-16(21)8-10-3-5-14(19)13(18)7-10/h3-7,9H,2,8H2,1H3,(H,20,21). The van der Waals surface area contributed by atoms with Crippen molar-refractivity contribution in [3.05, 3.63) is 57.3 Å². The second kappa shape index (κ2) is 8.16.